The summed E-state index contributed by atoms with van der Waals surface area (Å²) in [5.41, 5.74) is 5.16. The van der Waals surface area contributed by atoms with Crippen molar-refractivity contribution >= 4 is 17.6 Å². The van der Waals surface area contributed by atoms with Crippen LogP contribution in [-0.2, 0) is 4.74 Å². The number of morpholine rings is 1. The first kappa shape index (κ1) is 26.0. The number of anilines is 2. The molecule has 0 amide bonds. The lowest BCUT2D eigenvalue weighted by Gasteiger charge is -2.29. The van der Waals surface area contributed by atoms with Crippen LogP contribution >= 0.6 is 0 Å². The standard InChI is InChI=1S/C25H29N5O3.C2H6/c1-4-28(3)24-16-22(19-7-5-6-18(2)14-19)27-30(25(24)31)23-15-21(9-8-20(23)17-26-32)29-10-12-33-13-11-29;1-2/h5-9,14-17,32H,4,10-13H2,1-3H3;1-2H3/b26-17+;. The second kappa shape index (κ2) is 12.2. The molecule has 1 saturated heterocycles. The summed E-state index contributed by atoms with van der Waals surface area (Å²) in [6, 6.07) is 15.6. The van der Waals surface area contributed by atoms with Gasteiger partial charge < -0.3 is 19.7 Å². The summed E-state index contributed by atoms with van der Waals surface area (Å²) in [5.74, 6) is 0. The van der Waals surface area contributed by atoms with E-state index in [1.54, 1.807) is 0 Å². The van der Waals surface area contributed by atoms with Crippen LogP contribution in [0.1, 0.15) is 31.9 Å². The highest BCUT2D eigenvalue weighted by Gasteiger charge is 2.18. The van der Waals surface area contributed by atoms with E-state index in [-0.39, 0.29) is 5.56 Å². The van der Waals surface area contributed by atoms with E-state index in [1.807, 2.05) is 88.2 Å². The van der Waals surface area contributed by atoms with E-state index in [1.165, 1.54) is 10.9 Å². The number of nitrogens with zero attached hydrogens (tertiary/aromatic N) is 5. The third-order valence-corrected chi connectivity index (χ3v) is 5.91. The Kier molecular flexibility index (Phi) is 9.03. The van der Waals surface area contributed by atoms with Gasteiger partial charge in [-0.15, -0.1) is 0 Å². The molecule has 1 fully saturated rings. The van der Waals surface area contributed by atoms with Crippen LogP contribution in [0.15, 0.2) is 58.5 Å². The minimum Gasteiger partial charge on any atom is -0.411 e. The van der Waals surface area contributed by atoms with Crippen LogP contribution in [0.2, 0.25) is 0 Å². The summed E-state index contributed by atoms with van der Waals surface area (Å²) in [7, 11) is 1.89. The zero-order valence-electron chi connectivity index (χ0n) is 21.2. The van der Waals surface area contributed by atoms with Crippen molar-refractivity contribution in [3.05, 3.63) is 70.0 Å². The first-order valence-electron chi connectivity index (χ1n) is 12.1. The van der Waals surface area contributed by atoms with Gasteiger partial charge in [0.15, 0.2) is 0 Å². The predicted molar refractivity (Wildman–Crippen MR) is 143 cm³/mol. The van der Waals surface area contributed by atoms with Gasteiger partial charge in [-0.05, 0) is 44.2 Å². The molecule has 0 spiro atoms. The molecule has 2 aromatic carbocycles. The zero-order chi connectivity index (χ0) is 25.4. The number of benzene rings is 2. The van der Waals surface area contributed by atoms with Gasteiger partial charge in [0.1, 0.15) is 5.69 Å². The summed E-state index contributed by atoms with van der Waals surface area (Å²) in [4.78, 5) is 17.7. The van der Waals surface area contributed by atoms with E-state index in [0.717, 1.165) is 29.9 Å². The molecule has 1 aliphatic rings. The van der Waals surface area contributed by atoms with Crippen LogP contribution in [0, 0.1) is 6.92 Å². The normalized spacial score (nSPS) is 13.5. The predicted octanol–water partition coefficient (Wildman–Crippen LogP) is 4.33. The average Bonchev–Trinajstić information content (AvgIpc) is 2.90. The van der Waals surface area contributed by atoms with E-state index in [2.05, 4.69) is 10.1 Å². The molecule has 0 aliphatic carbocycles. The van der Waals surface area contributed by atoms with E-state index in [0.29, 0.717) is 42.4 Å². The lowest BCUT2D eigenvalue weighted by molar-refractivity contribution is 0.122. The summed E-state index contributed by atoms with van der Waals surface area (Å²) in [6.45, 7) is 11.5. The van der Waals surface area contributed by atoms with Crippen molar-refractivity contribution in [1.29, 1.82) is 0 Å². The van der Waals surface area contributed by atoms with Gasteiger partial charge in [-0.25, -0.2) is 0 Å². The lowest BCUT2D eigenvalue weighted by Crippen LogP contribution is -2.36. The number of hydrogen-bond donors (Lipinski definition) is 1. The van der Waals surface area contributed by atoms with Crippen molar-refractivity contribution < 1.29 is 9.94 Å². The average molecular weight is 478 g/mol. The zero-order valence-corrected chi connectivity index (χ0v) is 21.2. The SMILES string of the molecule is CC.CCN(C)c1cc(-c2cccc(C)c2)nn(-c2cc(N3CCOCC3)ccc2/C=N/O)c1=O. The summed E-state index contributed by atoms with van der Waals surface area (Å²) in [6.07, 6.45) is 1.33. The van der Waals surface area contributed by atoms with E-state index >= 15 is 0 Å². The van der Waals surface area contributed by atoms with Gasteiger partial charge in [-0.1, -0.05) is 42.8 Å². The van der Waals surface area contributed by atoms with Crippen molar-refractivity contribution in [2.75, 3.05) is 49.7 Å². The Morgan fingerprint density at radius 1 is 1.14 bits per heavy atom. The molecule has 3 aromatic rings. The Morgan fingerprint density at radius 2 is 1.89 bits per heavy atom. The van der Waals surface area contributed by atoms with Crippen LogP contribution < -0.4 is 15.4 Å². The fraction of sp³-hybridized carbons (Fsp3) is 0.370. The molecule has 0 unspecified atom stereocenters. The quantitative estimate of drug-likeness (QED) is 0.323. The molecule has 1 aromatic heterocycles. The highest BCUT2D eigenvalue weighted by atomic mass is 16.5. The Labute approximate surface area is 207 Å². The molecular formula is C27H35N5O3. The third-order valence-electron chi connectivity index (χ3n) is 5.91. The molecule has 1 N–H and O–H groups in total. The number of oxime groups is 1. The smallest absolute Gasteiger partial charge is 0.295 e. The highest BCUT2D eigenvalue weighted by molar-refractivity contribution is 5.86. The third kappa shape index (κ3) is 5.89. The maximum absolute atomic E-state index is 13.6. The maximum atomic E-state index is 13.6. The summed E-state index contributed by atoms with van der Waals surface area (Å²) < 4.78 is 6.89. The van der Waals surface area contributed by atoms with Gasteiger partial charge in [0.05, 0.1) is 30.8 Å². The van der Waals surface area contributed by atoms with Crippen molar-refractivity contribution in [1.82, 2.24) is 9.78 Å². The molecule has 35 heavy (non-hydrogen) atoms. The van der Waals surface area contributed by atoms with Crippen LogP contribution in [0.5, 0.6) is 0 Å². The molecule has 8 heteroatoms. The van der Waals surface area contributed by atoms with Gasteiger partial charge >= 0.3 is 0 Å². The number of hydrogen-bond acceptors (Lipinski definition) is 7. The Balaban J connectivity index is 0.00000167. The second-order valence-corrected chi connectivity index (χ2v) is 8.10. The van der Waals surface area contributed by atoms with Crippen LogP contribution in [-0.4, -0.2) is 61.1 Å². The number of rotatable bonds is 6. The number of aromatic nitrogens is 2. The lowest BCUT2D eigenvalue weighted by atomic mass is 10.1. The molecule has 186 valence electrons. The van der Waals surface area contributed by atoms with Gasteiger partial charge in [0.2, 0.25) is 0 Å². The van der Waals surface area contributed by atoms with E-state index in [9.17, 15) is 10.0 Å². The van der Waals surface area contributed by atoms with Gasteiger partial charge in [0, 0.05) is 43.5 Å². The molecular weight excluding hydrogens is 442 g/mol. The van der Waals surface area contributed by atoms with Crippen molar-refractivity contribution in [3.8, 4) is 16.9 Å². The van der Waals surface area contributed by atoms with Crippen molar-refractivity contribution in [3.63, 3.8) is 0 Å². The Bertz CT molecular complexity index is 1220. The largest absolute Gasteiger partial charge is 0.411 e. The minimum absolute atomic E-state index is 0.234. The fourth-order valence-electron chi connectivity index (χ4n) is 3.94. The molecule has 0 atom stereocenters. The summed E-state index contributed by atoms with van der Waals surface area (Å²) in [5, 5.41) is 17.2. The summed E-state index contributed by atoms with van der Waals surface area (Å²) >= 11 is 0. The molecule has 1 aliphatic heterocycles. The second-order valence-electron chi connectivity index (χ2n) is 8.10. The maximum Gasteiger partial charge on any atom is 0.295 e. The fourth-order valence-corrected chi connectivity index (χ4v) is 3.94. The van der Waals surface area contributed by atoms with Crippen molar-refractivity contribution in [2.24, 2.45) is 5.16 Å². The molecule has 0 radical (unpaired) electrons. The Morgan fingerprint density at radius 3 is 2.54 bits per heavy atom. The first-order chi connectivity index (χ1) is 17.0. The number of aryl methyl sites for hydroxylation is 1. The highest BCUT2D eigenvalue weighted by Crippen LogP contribution is 2.25. The topological polar surface area (TPSA) is 83.2 Å². The van der Waals surface area contributed by atoms with Gasteiger partial charge in [-0.2, -0.15) is 9.78 Å². The van der Waals surface area contributed by atoms with Gasteiger partial charge in [0.25, 0.3) is 5.56 Å². The minimum atomic E-state index is -0.234. The molecule has 0 bridgehead atoms. The Hall–Kier alpha value is -3.65. The van der Waals surface area contributed by atoms with E-state index < -0.39 is 0 Å². The molecule has 0 saturated carbocycles. The van der Waals surface area contributed by atoms with Crippen LogP contribution in [0.3, 0.4) is 0 Å². The van der Waals surface area contributed by atoms with Gasteiger partial charge in [-0.3, -0.25) is 4.79 Å². The van der Waals surface area contributed by atoms with Crippen LogP contribution in [0.4, 0.5) is 11.4 Å². The van der Waals surface area contributed by atoms with Crippen molar-refractivity contribution in [2.45, 2.75) is 27.7 Å². The van der Waals surface area contributed by atoms with Crippen LogP contribution in [0.25, 0.3) is 16.9 Å². The molecule has 4 rings (SSSR count). The first-order valence-corrected chi connectivity index (χ1v) is 12.1. The molecule has 8 nitrogen and oxygen atoms in total. The monoisotopic (exact) mass is 477 g/mol. The molecule has 2 heterocycles. The van der Waals surface area contributed by atoms with E-state index in [4.69, 9.17) is 9.84 Å². The number of ether oxygens (including phenoxy) is 1.